The second-order valence-corrected chi connectivity index (χ2v) is 12.9. The van der Waals surface area contributed by atoms with E-state index in [4.69, 9.17) is 49.6 Å². The summed E-state index contributed by atoms with van der Waals surface area (Å²) in [6.07, 6.45) is -3.95. The number of hydrogen-bond donors (Lipinski definition) is 6. The van der Waals surface area contributed by atoms with Gasteiger partial charge >= 0.3 is 19.5 Å². The number of aromatic carboxylic acids is 1. The van der Waals surface area contributed by atoms with Gasteiger partial charge in [-0.2, -0.15) is 0 Å². The van der Waals surface area contributed by atoms with E-state index in [1.54, 1.807) is 38.1 Å². The Labute approximate surface area is 334 Å². The van der Waals surface area contributed by atoms with Gasteiger partial charge in [0.2, 0.25) is 0 Å². The zero-order chi connectivity index (χ0) is 43.4. The Morgan fingerprint density at radius 3 is 2.14 bits per heavy atom. The molecule has 0 spiro atoms. The molecule has 59 heavy (non-hydrogen) atoms. The van der Waals surface area contributed by atoms with Crippen LogP contribution in [-0.4, -0.2) is 106 Å². The summed E-state index contributed by atoms with van der Waals surface area (Å²) in [4.78, 5) is 72.9. The molecular formula is C34H40N9O15P. The molecule has 1 saturated heterocycles. The number of aliphatic hydroxyl groups is 1. The third-order valence-electron chi connectivity index (χ3n) is 7.49. The van der Waals surface area contributed by atoms with Crippen LogP contribution in [0.25, 0.3) is 20.9 Å². The van der Waals surface area contributed by atoms with Crippen LogP contribution in [0.3, 0.4) is 0 Å². The van der Waals surface area contributed by atoms with Crippen LogP contribution in [0.2, 0.25) is 0 Å². The molecule has 316 valence electrons. The van der Waals surface area contributed by atoms with Crippen LogP contribution in [0.4, 0.5) is 0 Å². The fraction of sp³-hybridized carbons (Fsp3) is 0.412. The molecular weight excluding hydrogens is 805 g/mol. The van der Waals surface area contributed by atoms with Gasteiger partial charge in [-0.3, -0.25) is 23.7 Å². The summed E-state index contributed by atoms with van der Waals surface area (Å²) in [5.41, 5.74) is 15.5. The predicted molar refractivity (Wildman–Crippen MR) is 203 cm³/mol. The number of carbonyl (C=O) groups excluding carboxylic acids is 1. The normalized spacial score (nSPS) is 16.7. The number of carboxylic acids is 1. The molecule has 5 atom stereocenters. The molecule has 1 aliphatic heterocycles. The van der Waals surface area contributed by atoms with Gasteiger partial charge < -0.3 is 49.0 Å². The van der Waals surface area contributed by atoms with Crippen LogP contribution < -0.4 is 26.0 Å². The molecule has 0 bridgehead atoms. The average molecular weight is 846 g/mol. The van der Waals surface area contributed by atoms with Gasteiger partial charge in [-0.15, -0.1) is 0 Å². The first-order chi connectivity index (χ1) is 28.2. The number of H-pyrrole nitrogens is 1. The summed E-state index contributed by atoms with van der Waals surface area (Å²) >= 11 is 0. The number of benzene rings is 2. The summed E-state index contributed by atoms with van der Waals surface area (Å²) in [5, 5.41) is 28.4. The molecule has 1 aliphatic rings. The van der Waals surface area contributed by atoms with Crippen LogP contribution >= 0.6 is 7.82 Å². The number of aromatic nitrogens is 2. The van der Waals surface area contributed by atoms with Gasteiger partial charge in [0.05, 0.1) is 24.8 Å². The Morgan fingerprint density at radius 2 is 1.59 bits per heavy atom. The summed E-state index contributed by atoms with van der Waals surface area (Å²) in [5.74, 6) is 4.36. The highest BCUT2D eigenvalue weighted by molar-refractivity contribution is 7.46. The maximum absolute atomic E-state index is 12.5. The first-order valence-corrected chi connectivity index (χ1v) is 18.9. The van der Waals surface area contributed by atoms with Crippen LogP contribution in [0, 0.1) is 11.8 Å². The highest BCUT2D eigenvalue weighted by atomic mass is 31.2. The minimum absolute atomic E-state index is 0.0287. The molecule has 0 radical (unpaired) electrons. The molecule has 1 amide bonds. The molecule has 2 aromatic carbocycles. The van der Waals surface area contributed by atoms with Crippen molar-refractivity contribution in [3.63, 3.8) is 0 Å². The number of azide groups is 2. The Morgan fingerprint density at radius 1 is 1.02 bits per heavy atom. The van der Waals surface area contributed by atoms with E-state index in [2.05, 4.69) is 46.7 Å². The number of carbonyl (C=O) groups is 2. The Balaban J connectivity index is 0.000000431. The van der Waals surface area contributed by atoms with Crippen LogP contribution in [0.1, 0.15) is 52.8 Å². The fourth-order valence-corrected chi connectivity index (χ4v) is 5.21. The van der Waals surface area contributed by atoms with Gasteiger partial charge in [-0.1, -0.05) is 34.2 Å². The molecule has 3 aromatic rings. The van der Waals surface area contributed by atoms with Crippen LogP contribution in [0.5, 0.6) is 11.5 Å². The van der Waals surface area contributed by atoms with Crippen LogP contribution in [-0.2, 0) is 23.3 Å². The highest BCUT2D eigenvalue weighted by Crippen LogP contribution is 2.38. The van der Waals surface area contributed by atoms with Crippen LogP contribution in [0.15, 0.2) is 74.5 Å². The Hall–Kier alpha value is -6.21. The molecule has 24 nitrogen and oxygen atoms in total. The van der Waals surface area contributed by atoms with Gasteiger partial charge in [0, 0.05) is 41.2 Å². The SMILES string of the molecule is CCOC(COc1cccc(C(=O)NCC#Cc2cn(C3CC(O)C(COP(=O)(O)O)O3)c(=O)[nH]c2=O)c1)N=[N+]=[N-].CCOC(COc1cccc(C(=O)O)c1)N=[N+]=[N-]. The van der Waals surface area contributed by atoms with Crippen molar-refractivity contribution in [1.29, 1.82) is 0 Å². The van der Waals surface area contributed by atoms with Gasteiger partial charge in [0.15, 0.2) is 12.5 Å². The molecule has 1 aromatic heterocycles. The van der Waals surface area contributed by atoms with E-state index in [0.717, 1.165) is 10.8 Å². The van der Waals surface area contributed by atoms with Gasteiger partial charge in [0.1, 0.15) is 42.6 Å². The van der Waals surface area contributed by atoms with Crippen molar-refractivity contribution < 1.29 is 62.4 Å². The third kappa shape index (κ3) is 16.3. The summed E-state index contributed by atoms with van der Waals surface area (Å²) in [6.45, 7) is 3.41. The fourth-order valence-electron chi connectivity index (χ4n) is 4.87. The van der Waals surface area contributed by atoms with E-state index in [9.17, 15) is 28.8 Å². The maximum Gasteiger partial charge on any atom is 0.469 e. The molecule has 0 saturated carbocycles. The van der Waals surface area contributed by atoms with E-state index >= 15 is 0 Å². The van der Waals surface area contributed by atoms with E-state index in [0.29, 0.717) is 24.7 Å². The number of phosphoric acid groups is 1. The first kappa shape index (κ1) is 47.2. The maximum atomic E-state index is 12.5. The lowest BCUT2D eigenvalue weighted by Crippen LogP contribution is -2.33. The topological polar surface area (TPSA) is 352 Å². The number of nitrogens with one attached hydrogen (secondary N) is 2. The average Bonchev–Trinajstić information content (AvgIpc) is 3.57. The lowest BCUT2D eigenvalue weighted by Gasteiger charge is -2.16. The molecule has 5 unspecified atom stereocenters. The predicted octanol–water partition coefficient (Wildman–Crippen LogP) is 2.56. The number of ether oxygens (including phenoxy) is 5. The number of rotatable bonds is 19. The van der Waals surface area contributed by atoms with Crippen molar-refractivity contribution >= 4 is 19.7 Å². The standard InChI is InChI=1S/C23H27N6O11P.C11H13N3O4/c1-2-37-19(27-28-24)13-38-16-7-3-5-14(9-16)21(31)25-8-4-6-15-11-29(23(33)26-22(15)32)20-10-17(30)18(40-20)12-39-41(34,35)36;1-2-17-10(13-14-12)7-18-9-5-3-4-8(6-9)11(15)16/h3,5,7,9,11,17-20,30H,2,8,10,12-13H2,1H3,(H,25,31)(H,26,32,33)(H2,34,35,36);3-6,10H,2,7H2,1H3,(H,15,16). The lowest BCUT2D eigenvalue weighted by atomic mass is 10.2. The lowest BCUT2D eigenvalue weighted by molar-refractivity contribution is -0.0451. The smallest absolute Gasteiger partial charge is 0.469 e. The number of amides is 1. The van der Waals surface area contributed by atoms with E-state index in [-0.39, 0.29) is 42.9 Å². The first-order valence-electron chi connectivity index (χ1n) is 17.3. The molecule has 6 N–H and O–H groups in total. The summed E-state index contributed by atoms with van der Waals surface area (Å²) in [6, 6.07) is 12.2. The number of aromatic amines is 1. The zero-order valence-electron chi connectivity index (χ0n) is 31.4. The van der Waals surface area contributed by atoms with Gasteiger partial charge in [-0.25, -0.2) is 14.2 Å². The van der Waals surface area contributed by atoms with E-state index in [1.165, 1.54) is 24.3 Å². The van der Waals surface area contributed by atoms with Crippen molar-refractivity contribution in [3.05, 3.63) is 113 Å². The molecule has 4 rings (SSSR count). The number of nitrogens with zero attached hydrogens (tertiary/aromatic N) is 7. The van der Waals surface area contributed by atoms with Crippen molar-refractivity contribution in [2.24, 2.45) is 10.2 Å². The quantitative estimate of drug-likeness (QED) is 0.0332. The number of hydrogen-bond acceptors (Lipinski definition) is 14. The summed E-state index contributed by atoms with van der Waals surface area (Å²) in [7, 11) is -4.80. The zero-order valence-corrected chi connectivity index (χ0v) is 32.3. The monoisotopic (exact) mass is 845 g/mol. The van der Waals surface area contributed by atoms with Crippen molar-refractivity contribution in [2.45, 2.75) is 51.2 Å². The van der Waals surface area contributed by atoms with Crippen molar-refractivity contribution in [2.75, 3.05) is 39.6 Å². The number of phosphoric ester groups is 1. The van der Waals surface area contributed by atoms with E-state index < -0.39 is 68.4 Å². The second-order valence-electron chi connectivity index (χ2n) is 11.6. The molecule has 0 aliphatic carbocycles. The van der Waals surface area contributed by atoms with Crippen molar-refractivity contribution in [1.82, 2.24) is 14.9 Å². The Kier molecular flexibility index (Phi) is 19.1. The third-order valence-corrected chi connectivity index (χ3v) is 7.98. The molecule has 25 heteroatoms. The molecule has 1 fully saturated rings. The minimum Gasteiger partial charge on any atom is -0.491 e. The number of carboxylic acid groups (broad SMARTS) is 1. The largest absolute Gasteiger partial charge is 0.491 e. The highest BCUT2D eigenvalue weighted by Gasteiger charge is 2.37. The minimum atomic E-state index is -4.80. The van der Waals surface area contributed by atoms with E-state index in [1.807, 2.05) is 0 Å². The Bertz CT molecular complexity index is 2230. The van der Waals surface area contributed by atoms with Crippen molar-refractivity contribution in [3.8, 4) is 23.3 Å². The molecule has 2 heterocycles. The van der Waals surface area contributed by atoms with Gasteiger partial charge in [-0.05, 0) is 61.3 Å². The summed E-state index contributed by atoms with van der Waals surface area (Å²) < 4.78 is 42.9. The van der Waals surface area contributed by atoms with Gasteiger partial charge in [0.25, 0.3) is 11.5 Å². The second kappa shape index (κ2) is 23.9. The number of aliphatic hydroxyl groups excluding tert-OH is 1.